The van der Waals surface area contributed by atoms with Crippen molar-refractivity contribution in [1.82, 2.24) is 0 Å². The van der Waals surface area contributed by atoms with Crippen molar-refractivity contribution in [2.45, 2.75) is 13.0 Å². The van der Waals surface area contributed by atoms with Crippen molar-refractivity contribution in [1.29, 1.82) is 0 Å². The fourth-order valence-corrected chi connectivity index (χ4v) is 1.28. The van der Waals surface area contributed by atoms with Crippen molar-refractivity contribution in [2.24, 2.45) is 5.73 Å². The van der Waals surface area contributed by atoms with Gasteiger partial charge in [-0.1, -0.05) is 6.07 Å². The van der Waals surface area contributed by atoms with Crippen LogP contribution in [0.2, 0.25) is 0 Å². The molecular weight excluding hydrogens is 182 g/mol. The zero-order valence-corrected chi connectivity index (χ0v) is 8.10. The molecule has 0 radical (unpaired) electrons. The Labute approximate surface area is 82.9 Å². The van der Waals surface area contributed by atoms with E-state index in [0.717, 1.165) is 0 Å². The molecule has 0 aromatic heterocycles. The molecule has 1 aromatic rings. The van der Waals surface area contributed by atoms with Crippen molar-refractivity contribution in [3.63, 3.8) is 0 Å². The van der Waals surface area contributed by atoms with Crippen LogP contribution < -0.4 is 10.5 Å². The number of aliphatic hydroxyl groups excluding tert-OH is 1. The topological polar surface area (TPSA) is 75.7 Å². The van der Waals surface area contributed by atoms with Gasteiger partial charge in [-0.15, -0.1) is 0 Å². The first kappa shape index (κ1) is 10.8. The smallest absolute Gasteiger partial charge is 0.127 e. The van der Waals surface area contributed by atoms with Crippen LogP contribution in [0.4, 0.5) is 0 Å². The van der Waals surface area contributed by atoms with E-state index in [1.807, 2.05) is 6.92 Å². The van der Waals surface area contributed by atoms with Crippen LogP contribution in [0.25, 0.3) is 0 Å². The van der Waals surface area contributed by atoms with E-state index in [1.54, 1.807) is 12.1 Å². The highest BCUT2D eigenvalue weighted by atomic mass is 16.5. The zero-order chi connectivity index (χ0) is 10.6. The fraction of sp³-hybridized carbons (Fsp3) is 0.400. The Kier molecular flexibility index (Phi) is 3.73. The van der Waals surface area contributed by atoms with E-state index in [4.69, 9.17) is 15.6 Å². The molecule has 4 N–H and O–H groups in total. The number of phenols is 1. The molecule has 0 saturated heterocycles. The Morgan fingerprint density at radius 1 is 1.50 bits per heavy atom. The van der Waals surface area contributed by atoms with Crippen LogP contribution >= 0.6 is 0 Å². The number of rotatable bonds is 4. The van der Waals surface area contributed by atoms with Crippen molar-refractivity contribution in [3.05, 3.63) is 23.8 Å². The maximum absolute atomic E-state index is 9.55. The Morgan fingerprint density at radius 2 is 2.21 bits per heavy atom. The minimum absolute atomic E-state index is 0.0532. The highest BCUT2D eigenvalue weighted by Crippen LogP contribution is 2.31. The molecule has 1 atom stereocenters. The Morgan fingerprint density at radius 3 is 2.79 bits per heavy atom. The molecule has 0 fully saturated rings. The molecule has 78 valence electrons. The molecule has 0 spiro atoms. The summed E-state index contributed by atoms with van der Waals surface area (Å²) in [5, 5.41) is 18.5. The summed E-state index contributed by atoms with van der Waals surface area (Å²) in [5.41, 5.74) is 6.09. The van der Waals surface area contributed by atoms with E-state index in [1.165, 1.54) is 6.07 Å². The van der Waals surface area contributed by atoms with Gasteiger partial charge < -0.3 is 20.7 Å². The van der Waals surface area contributed by atoms with Gasteiger partial charge in [0.25, 0.3) is 0 Å². The largest absolute Gasteiger partial charge is 0.507 e. The molecular formula is C10H15NO3. The molecule has 0 amide bonds. The number of hydrogen-bond acceptors (Lipinski definition) is 4. The molecule has 1 rings (SSSR count). The summed E-state index contributed by atoms with van der Waals surface area (Å²) < 4.78 is 5.29. The summed E-state index contributed by atoms with van der Waals surface area (Å²) in [7, 11) is 0. The predicted molar refractivity (Wildman–Crippen MR) is 53.3 cm³/mol. The Hall–Kier alpha value is -1.26. The number of aliphatic hydroxyl groups is 1. The van der Waals surface area contributed by atoms with Crippen molar-refractivity contribution >= 4 is 0 Å². The molecule has 0 bridgehead atoms. The minimum Gasteiger partial charge on any atom is -0.507 e. The van der Waals surface area contributed by atoms with Crippen LogP contribution in [0, 0.1) is 0 Å². The monoisotopic (exact) mass is 197 g/mol. The number of nitrogens with two attached hydrogens (primary N) is 1. The van der Waals surface area contributed by atoms with Gasteiger partial charge >= 0.3 is 0 Å². The minimum atomic E-state index is -0.613. The zero-order valence-electron chi connectivity index (χ0n) is 8.10. The maximum atomic E-state index is 9.55. The third kappa shape index (κ3) is 2.16. The standard InChI is InChI=1S/C10H15NO3/c1-2-14-9-5-3-4-8(13)10(9)7(11)6-12/h3-5,7,12-13H,2,6,11H2,1H3. The van der Waals surface area contributed by atoms with Crippen LogP contribution in [0.15, 0.2) is 18.2 Å². The van der Waals surface area contributed by atoms with E-state index >= 15 is 0 Å². The molecule has 0 aliphatic carbocycles. The van der Waals surface area contributed by atoms with Gasteiger partial charge in [-0.05, 0) is 19.1 Å². The van der Waals surface area contributed by atoms with Crippen LogP contribution in [-0.2, 0) is 0 Å². The first-order valence-corrected chi connectivity index (χ1v) is 4.51. The molecule has 1 unspecified atom stereocenters. The van der Waals surface area contributed by atoms with E-state index in [2.05, 4.69) is 0 Å². The summed E-state index contributed by atoms with van der Waals surface area (Å²) in [6, 6.07) is 4.30. The lowest BCUT2D eigenvalue weighted by Gasteiger charge is -2.15. The maximum Gasteiger partial charge on any atom is 0.127 e. The van der Waals surface area contributed by atoms with Crippen LogP contribution in [0.3, 0.4) is 0 Å². The molecule has 1 aromatic carbocycles. The quantitative estimate of drug-likeness (QED) is 0.666. The van der Waals surface area contributed by atoms with Gasteiger partial charge in [0, 0.05) is 0 Å². The average Bonchev–Trinajstić information content (AvgIpc) is 2.18. The van der Waals surface area contributed by atoms with Gasteiger partial charge in [0.05, 0.1) is 24.8 Å². The Balaban J connectivity index is 3.08. The molecule has 4 nitrogen and oxygen atoms in total. The molecule has 4 heteroatoms. The highest BCUT2D eigenvalue weighted by molar-refractivity contribution is 5.46. The van der Waals surface area contributed by atoms with Crippen molar-refractivity contribution < 1.29 is 14.9 Å². The normalized spacial score (nSPS) is 12.5. The summed E-state index contributed by atoms with van der Waals surface area (Å²) in [6.45, 7) is 2.12. The van der Waals surface area contributed by atoms with E-state index in [-0.39, 0.29) is 12.4 Å². The first-order chi connectivity index (χ1) is 6.70. The van der Waals surface area contributed by atoms with Gasteiger partial charge in [0.1, 0.15) is 11.5 Å². The van der Waals surface area contributed by atoms with Crippen molar-refractivity contribution in [3.8, 4) is 11.5 Å². The summed E-state index contributed by atoms with van der Waals surface area (Å²) >= 11 is 0. The number of ether oxygens (including phenoxy) is 1. The molecule has 0 heterocycles. The predicted octanol–water partition coefficient (Wildman–Crippen LogP) is 0.783. The van der Waals surface area contributed by atoms with Crippen molar-refractivity contribution in [2.75, 3.05) is 13.2 Å². The first-order valence-electron chi connectivity index (χ1n) is 4.51. The second-order valence-electron chi connectivity index (χ2n) is 2.91. The SMILES string of the molecule is CCOc1cccc(O)c1C(N)CO. The summed E-state index contributed by atoms with van der Waals surface area (Å²) in [5.74, 6) is 0.576. The van der Waals surface area contributed by atoms with Gasteiger partial charge in [0.15, 0.2) is 0 Å². The third-order valence-corrected chi connectivity index (χ3v) is 1.91. The molecule has 0 saturated carbocycles. The summed E-state index contributed by atoms with van der Waals surface area (Å²) in [4.78, 5) is 0. The third-order valence-electron chi connectivity index (χ3n) is 1.91. The fourth-order valence-electron chi connectivity index (χ4n) is 1.28. The van der Waals surface area contributed by atoms with E-state index < -0.39 is 6.04 Å². The van der Waals surface area contributed by atoms with E-state index in [0.29, 0.717) is 17.9 Å². The molecule has 0 aliphatic heterocycles. The van der Waals surface area contributed by atoms with E-state index in [9.17, 15) is 5.11 Å². The average molecular weight is 197 g/mol. The molecule has 0 aliphatic rings. The lowest BCUT2D eigenvalue weighted by atomic mass is 10.1. The Bertz CT molecular complexity index is 301. The van der Waals surface area contributed by atoms with Gasteiger partial charge in [-0.25, -0.2) is 0 Å². The van der Waals surface area contributed by atoms with Gasteiger partial charge in [0.2, 0.25) is 0 Å². The van der Waals surface area contributed by atoms with Gasteiger partial charge in [-0.2, -0.15) is 0 Å². The lowest BCUT2D eigenvalue weighted by Crippen LogP contribution is -2.16. The van der Waals surface area contributed by atoms with Crippen LogP contribution in [-0.4, -0.2) is 23.4 Å². The van der Waals surface area contributed by atoms with Gasteiger partial charge in [-0.3, -0.25) is 0 Å². The number of aromatic hydroxyl groups is 1. The van der Waals surface area contributed by atoms with Crippen LogP contribution in [0.1, 0.15) is 18.5 Å². The second-order valence-corrected chi connectivity index (χ2v) is 2.91. The summed E-state index contributed by atoms with van der Waals surface area (Å²) in [6.07, 6.45) is 0. The number of hydrogen-bond donors (Lipinski definition) is 3. The number of benzene rings is 1. The lowest BCUT2D eigenvalue weighted by molar-refractivity contribution is 0.258. The molecule has 14 heavy (non-hydrogen) atoms. The number of phenolic OH excluding ortho intramolecular Hbond substituents is 1. The second kappa shape index (κ2) is 4.83. The highest BCUT2D eigenvalue weighted by Gasteiger charge is 2.15. The van der Waals surface area contributed by atoms with Crippen LogP contribution in [0.5, 0.6) is 11.5 Å².